The van der Waals surface area contributed by atoms with Crippen molar-refractivity contribution >= 4 is 23.6 Å². The minimum atomic E-state index is -0.879. The molecular weight excluding hydrogens is 260 g/mol. The fraction of sp³-hybridized carbons (Fsp3) is 0.429. The number of imide groups is 2. The van der Waals surface area contributed by atoms with Gasteiger partial charge in [-0.05, 0) is 18.8 Å². The van der Waals surface area contributed by atoms with Gasteiger partial charge in [0.1, 0.15) is 6.04 Å². The maximum Gasteiger partial charge on any atom is 0.261 e. The molecule has 0 saturated carbocycles. The van der Waals surface area contributed by atoms with Crippen molar-refractivity contribution < 1.29 is 19.2 Å². The predicted octanol–water partition coefficient (Wildman–Crippen LogP) is 0.0530. The number of hydrogen-bond donors (Lipinski definition) is 1. The standard InChI is InChI=1S/C14H14N2O4/c1-7-2-3-8-9(6-7)14(20)16(13(8)19)10-4-5-11(17)15-12(10)18/h3,6-7,10H,2,4-5H2,1H3,(H,15,17,18). The van der Waals surface area contributed by atoms with Crippen LogP contribution in [0.15, 0.2) is 23.3 Å². The van der Waals surface area contributed by atoms with E-state index in [0.717, 1.165) is 4.90 Å². The van der Waals surface area contributed by atoms with Gasteiger partial charge in [0.05, 0.1) is 0 Å². The second-order valence-electron chi connectivity index (χ2n) is 5.36. The molecule has 2 heterocycles. The largest absolute Gasteiger partial charge is 0.295 e. The smallest absolute Gasteiger partial charge is 0.261 e. The molecular formula is C14H14N2O4. The lowest BCUT2D eigenvalue weighted by Gasteiger charge is -2.27. The Morgan fingerprint density at radius 3 is 2.55 bits per heavy atom. The van der Waals surface area contributed by atoms with Crippen molar-refractivity contribution in [1.29, 1.82) is 0 Å². The van der Waals surface area contributed by atoms with Gasteiger partial charge in [-0.1, -0.05) is 19.1 Å². The Labute approximate surface area is 115 Å². The summed E-state index contributed by atoms with van der Waals surface area (Å²) >= 11 is 0. The Hall–Kier alpha value is -2.24. The molecule has 2 unspecified atom stereocenters. The third-order valence-corrected chi connectivity index (χ3v) is 3.86. The highest BCUT2D eigenvalue weighted by Gasteiger charge is 2.47. The van der Waals surface area contributed by atoms with Crippen molar-refractivity contribution in [2.75, 3.05) is 0 Å². The van der Waals surface area contributed by atoms with Crippen LogP contribution in [-0.4, -0.2) is 34.6 Å². The first kappa shape index (κ1) is 12.8. The number of fused-ring (bicyclic) bond motifs is 1. The van der Waals surface area contributed by atoms with Crippen molar-refractivity contribution in [3.63, 3.8) is 0 Å². The number of hydrogen-bond acceptors (Lipinski definition) is 4. The van der Waals surface area contributed by atoms with Crippen molar-refractivity contribution in [1.82, 2.24) is 10.2 Å². The van der Waals surface area contributed by atoms with Gasteiger partial charge >= 0.3 is 0 Å². The molecule has 2 fully saturated rings. The summed E-state index contributed by atoms with van der Waals surface area (Å²) in [7, 11) is 0. The average Bonchev–Trinajstić information content (AvgIpc) is 2.63. The molecule has 0 spiro atoms. The summed E-state index contributed by atoms with van der Waals surface area (Å²) in [4.78, 5) is 48.6. The monoisotopic (exact) mass is 274 g/mol. The van der Waals surface area contributed by atoms with Crippen LogP contribution in [0.3, 0.4) is 0 Å². The first-order valence-electron chi connectivity index (χ1n) is 6.63. The van der Waals surface area contributed by atoms with E-state index in [1.807, 2.05) is 6.92 Å². The molecule has 0 aromatic heterocycles. The number of nitrogens with zero attached hydrogens (tertiary/aromatic N) is 1. The Balaban J connectivity index is 1.94. The van der Waals surface area contributed by atoms with Crippen LogP contribution >= 0.6 is 0 Å². The normalized spacial score (nSPS) is 29.9. The molecule has 104 valence electrons. The topological polar surface area (TPSA) is 83.6 Å². The number of amides is 4. The SMILES string of the molecule is CC1C=C2C(=O)N(C3CCC(=O)NC3=O)C(=O)C2=CC1. The van der Waals surface area contributed by atoms with Gasteiger partial charge < -0.3 is 0 Å². The molecule has 2 saturated heterocycles. The van der Waals surface area contributed by atoms with Crippen molar-refractivity contribution in [3.8, 4) is 0 Å². The van der Waals surface area contributed by atoms with Crippen LogP contribution in [0.4, 0.5) is 0 Å². The molecule has 0 bridgehead atoms. The van der Waals surface area contributed by atoms with Crippen LogP contribution in [0.1, 0.15) is 26.2 Å². The lowest BCUT2D eigenvalue weighted by molar-refractivity contribution is -0.149. The lowest BCUT2D eigenvalue weighted by Crippen LogP contribution is -2.54. The van der Waals surface area contributed by atoms with Crippen LogP contribution in [-0.2, 0) is 19.2 Å². The summed E-state index contributed by atoms with van der Waals surface area (Å²) in [5, 5.41) is 2.17. The minimum Gasteiger partial charge on any atom is -0.295 e. The highest BCUT2D eigenvalue weighted by atomic mass is 16.2. The summed E-state index contributed by atoms with van der Waals surface area (Å²) in [5.74, 6) is -1.59. The minimum absolute atomic E-state index is 0.141. The molecule has 2 atom stereocenters. The molecule has 6 heteroatoms. The van der Waals surface area contributed by atoms with Gasteiger partial charge in [-0.15, -0.1) is 0 Å². The summed E-state index contributed by atoms with van der Waals surface area (Å²) in [5.41, 5.74) is 0.774. The summed E-state index contributed by atoms with van der Waals surface area (Å²) in [6, 6.07) is -0.879. The third-order valence-electron chi connectivity index (χ3n) is 3.86. The molecule has 6 nitrogen and oxygen atoms in total. The maximum atomic E-state index is 12.4. The van der Waals surface area contributed by atoms with E-state index in [1.165, 1.54) is 0 Å². The summed E-state index contributed by atoms with van der Waals surface area (Å²) < 4.78 is 0. The maximum absolute atomic E-state index is 12.4. The number of rotatable bonds is 1. The summed E-state index contributed by atoms with van der Waals surface area (Å²) in [6.45, 7) is 1.96. The molecule has 0 aromatic carbocycles. The fourth-order valence-corrected chi connectivity index (χ4v) is 2.81. The van der Waals surface area contributed by atoms with E-state index in [4.69, 9.17) is 0 Å². The highest BCUT2D eigenvalue weighted by Crippen LogP contribution is 2.33. The number of carbonyl (C=O) groups is 4. The van der Waals surface area contributed by atoms with Crippen LogP contribution in [0, 0.1) is 5.92 Å². The number of likely N-dealkylation sites (tertiary alicyclic amines) is 1. The molecule has 4 amide bonds. The first-order chi connectivity index (χ1) is 9.49. The van der Waals surface area contributed by atoms with Gasteiger partial charge in [0.25, 0.3) is 11.8 Å². The zero-order valence-electron chi connectivity index (χ0n) is 11.0. The second kappa shape index (κ2) is 4.40. The van der Waals surface area contributed by atoms with Crippen LogP contribution in [0.5, 0.6) is 0 Å². The number of carbonyl (C=O) groups excluding carboxylic acids is 4. The van der Waals surface area contributed by atoms with Crippen molar-refractivity contribution in [3.05, 3.63) is 23.3 Å². The zero-order chi connectivity index (χ0) is 14.4. The van der Waals surface area contributed by atoms with Crippen LogP contribution < -0.4 is 5.32 Å². The van der Waals surface area contributed by atoms with Gasteiger partial charge in [-0.3, -0.25) is 29.4 Å². The molecule has 20 heavy (non-hydrogen) atoms. The lowest BCUT2D eigenvalue weighted by atomic mass is 9.93. The van der Waals surface area contributed by atoms with E-state index in [1.54, 1.807) is 12.2 Å². The Morgan fingerprint density at radius 1 is 1.15 bits per heavy atom. The van der Waals surface area contributed by atoms with Crippen molar-refractivity contribution in [2.24, 2.45) is 5.92 Å². The van der Waals surface area contributed by atoms with Gasteiger partial charge in [0.2, 0.25) is 11.8 Å². The zero-order valence-corrected chi connectivity index (χ0v) is 11.0. The van der Waals surface area contributed by atoms with Crippen LogP contribution in [0.25, 0.3) is 0 Å². The highest BCUT2D eigenvalue weighted by molar-refractivity contribution is 6.26. The average molecular weight is 274 g/mol. The first-order valence-corrected chi connectivity index (χ1v) is 6.63. The van der Waals surface area contributed by atoms with E-state index in [2.05, 4.69) is 5.32 Å². The molecule has 1 aliphatic carbocycles. The number of nitrogens with one attached hydrogen (secondary N) is 1. The molecule has 0 radical (unpaired) electrons. The van der Waals surface area contributed by atoms with Crippen LogP contribution in [0.2, 0.25) is 0 Å². The molecule has 3 aliphatic rings. The Morgan fingerprint density at radius 2 is 1.85 bits per heavy atom. The van der Waals surface area contributed by atoms with E-state index in [-0.39, 0.29) is 24.7 Å². The molecule has 3 rings (SSSR count). The Kier molecular flexibility index (Phi) is 2.81. The molecule has 0 aromatic rings. The van der Waals surface area contributed by atoms with Gasteiger partial charge in [-0.2, -0.15) is 0 Å². The number of allylic oxidation sites excluding steroid dienone is 2. The van der Waals surface area contributed by atoms with E-state index in [0.29, 0.717) is 17.6 Å². The molecule has 1 N–H and O–H groups in total. The third kappa shape index (κ3) is 1.79. The summed E-state index contributed by atoms with van der Waals surface area (Å²) in [6.07, 6.45) is 4.58. The van der Waals surface area contributed by atoms with Gasteiger partial charge in [0.15, 0.2) is 0 Å². The fourth-order valence-electron chi connectivity index (χ4n) is 2.81. The van der Waals surface area contributed by atoms with Crippen molar-refractivity contribution in [2.45, 2.75) is 32.2 Å². The van der Waals surface area contributed by atoms with E-state index < -0.39 is 23.8 Å². The molecule has 2 aliphatic heterocycles. The van der Waals surface area contributed by atoms with E-state index in [9.17, 15) is 19.2 Å². The van der Waals surface area contributed by atoms with E-state index >= 15 is 0 Å². The quantitative estimate of drug-likeness (QED) is 0.685. The second-order valence-corrected chi connectivity index (χ2v) is 5.36. The Bertz CT molecular complexity index is 602. The van der Waals surface area contributed by atoms with Gasteiger partial charge in [-0.25, -0.2) is 0 Å². The predicted molar refractivity (Wildman–Crippen MR) is 68.0 cm³/mol. The number of piperidine rings is 1. The van der Waals surface area contributed by atoms with Gasteiger partial charge in [0, 0.05) is 17.6 Å².